The minimum absolute atomic E-state index is 0.0509. The molecule has 2 aromatic carbocycles. The van der Waals surface area contributed by atoms with Crippen molar-refractivity contribution in [2.24, 2.45) is 0 Å². The van der Waals surface area contributed by atoms with Crippen molar-refractivity contribution in [2.45, 2.75) is 26.7 Å². The fourth-order valence-electron chi connectivity index (χ4n) is 2.85. The van der Waals surface area contributed by atoms with Crippen LogP contribution in [0.3, 0.4) is 0 Å². The Balaban J connectivity index is 1.42. The van der Waals surface area contributed by atoms with E-state index in [4.69, 9.17) is 18.9 Å². The van der Waals surface area contributed by atoms with Crippen LogP contribution in [0.2, 0.25) is 0 Å². The number of Topliss-reactive ketones (excluding diaryl/α,β-unsaturated/α-hetero) is 1. The fraction of sp³-hybridized carbons (Fsp3) is 0.318. The quantitative estimate of drug-likeness (QED) is 0.383. The van der Waals surface area contributed by atoms with E-state index in [0.29, 0.717) is 24.5 Å². The van der Waals surface area contributed by atoms with Crippen molar-refractivity contribution >= 4 is 23.3 Å². The predicted octanol–water partition coefficient (Wildman–Crippen LogP) is 3.27. The van der Waals surface area contributed by atoms with E-state index in [1.54, 1.807) is 0 Å². The first kappa shape index (κ1) is 21.2. The number of anilines is 1. The molecular formula is C22H23NO7. The first-order valence-corrected chi connectivity index (χ1v) is 9.52. The maximum absolute atomic E-state index is 12.1. The smallest absolute Gasteiger partial charge is 0.306 e. The van der Waals surface area contributed by atoms with Crippen LogP contribution >= 0.6 is 0 Å². The van der Waals surface area contributed by atoms with E-state index in [9.17, 15) is 14.4 Å². The lowest BCUT2D eigenvalue weighted by atomic mass is 10.1. The number of esters is 1. The van der Waals surface area contributed by atoms with Crippen LogP contribution in [0, 0.1) is 6.92 Å². The number of benzene rings is 2. The second-order valence-electron chi connectivity index (χ2n) is 6.78. The number of fused-ring (bicyclic) bond motifs is 1. The fourth-order valence-corrected chi connectivity index (χ4v) is 2.85. The van der Waals surface area contributed by atoms with Gasteiger partial charge in [-0.1, -0.05) is 12.1 Å². The lowest BCUT2D eigenvalue weighted by molar-refractivity contribution is -0.147. The van der Waals surface area contributed by atoms with E-state index in [1.165, 1.54) is 19.1 Å². The summed E-state index contributed by atoms with van der Waals surface area (Å²) in [4.78, 5) is 35.8. The molecule has 1 amide bonds. The molecule has 0 radical (unpaired) electrons. The average Bonchev–Trinajstić information content (AvgIpc) is 3.16. The van der Waals surface area contributed by atoms with Gasteiger partial charge in [-0.25, -0.2) is 0 Å². The van der Waals surface area contributed by atoms with Gasteiger partial charge < -0.3 is 24.3 Å². The van der Waals surface area contributed by atoms with Gasteiger partial charge in [0.25, 0.3) is 5.91 Å². The van der Waals surface area contributed by atoms with E-state index in [2.05, 4.69) is 5.32 Å². The topological polar surface area (TPSA) is 100 Å². The number of rotatable bonds is 9. The van der Waals surface area contributed by atoms with Gasteiger partial charge in [-0.2, -0.15) is 0 Å². The molecule has 0 aromatic heterocycles. The summed E-state index contributed by atoms with van der Waals surface area (Å²) < 4.78 is 21.1. The van der Waals surface area contributed by atoms with Crippen molar-refractivity contribution in [1.82, 2.24) is 0 Å². The third-order valence-corrected chi connectivity index (χ3v) is 4.31. The van der Waals surface area contributed by atoms with E-state index in [0.717, 1.165) is 11.3 Å². The highest BCUT2D eigenvalue weighted by Crippen LogP contribution is 2.37. The van der Waals surface area contributed by atoms with Gasteiger partial charge in [0.2, 0.25) is 6.79 Å². The van der Waals surface area contributed by atoms with Crippen molar-refractivity contribution in [3.05, 3.63) is 47.5 Å². The maximum Gasteiger partial charge on any atom is 0.306 e. The van der Waals surface area contributed by atoms with E-state index >= 15 is 0 Å². The summed E-state index contributed by atoms with van der Waals surface area (Å²) in [6.45, 7) is 3.31. The molecule has 0 saturated heterocycles. The van der Waals surface area contributed by atoms with Gasteiger partial charge in [-0.15, -0.1) is 0 Å². The largest absolute Gasteiger partial charge is 0.494 e. The zero-order valence-electron chi connectivity index (χ0n) is 16.9. The Morgan fingerprint density at radius 2 is 1.87 bits per heavy atom. The Labute approximate surface area is 174 Å². The number of aryl methyl sites for hydroxylation is 1. The number of hydrogen-bond donors (Lipinski definition) is 1. The maximum atomic E-state index is 12.1. The van der Waals surface area contributed by atoms with E-state index in [1.807, 2.05) is 31.2 Å². The van der Waals surface area contributed by atoms with Gasteiger partial charge in [-0.3, -0.25) is 14.4 Å². The molecular weight excluding hydrogens is 390 g/mol. The Morgan fingerprint density at radius 1 is 1.10 bits per heavy atom. The Kier molecular flexibility index (Phi) is 6.90. The number of hydrogen-bond acceptors (Lipinski definition) is 7. The zero-order valence-corrected chi connectivity index (χ0v) is 16.9. The molecule has 30 heavy (non-hydrogen) atoms. The highest BCUT2D eigenvalue weighted by atomic mass is 16.7. The third-order valence-electron chi connectivity index (χ3n) is 4.31. The van der Waals surface area contributed by atoms with Crippen molar-refractivity contribution in [1.29, 1.82) is 0 Å². The van der Waals surface area contributed by atoms with Gasteiger partial charge in [0, 0.05) is 18.1 Å². The van der Waals surface area contributed by atoms with Crippen molar-refractivity contribution in [3.8, 4) is 17.2 Å². The molecule has 0 atom stereocenters. The second kappa shape index (κ2) is 9.78. The second-order valence-corrected chi connectivity index (χ2v) is 6.78. The summed E-state index contributed by atoms with van der Waals surface area (Å²) in [6.07, 6.45) is 0.590. The number of ketones is 1. The molecule has 1 aliphatic rings. The molecule has 8 heteroatoms. The van der Waals surface area contributed by atoms with Crippen LogP contribution in [0.4, 0.5) is 5.69 Å². The molecule has 0 bridgehead atoms. The molecule has 1 aliphatic heterocycles. The molecule has 2 aromatic rings. The average molecular weight is 413 g/mol. The Hall–Kier alpha value is -3.55. The van der Waals surface area contributed by atoms with Crippen molar-refractivity contribution < 1.29 is 33.3 Å². The molecule has 3 rings (SSSR count). The molecule has 0 spiro atoms. The molecule has 0 aliphatic carbocycles. The van der Waals surface area contributed by atoms with Gasteiger partial charge >= 0.3 is 5.97 Å². The van der Waals surface area contributed by atoms with Crippen LogP contribution in [0.25, 0.3) is 0 Å². The monoisotopic (exact) mass is 413 g/mol. The highest BCUT2D eigenvalue weighted by molar-refractivity contribution is 6.05. The molecule has 0 saturated carbocycles. The van der Waals surface area contributed by atoms with E-state index in [-0.39, 0.29) is 30.2 Å². The lowest BCUT2D eigenvalue weighted by Crippen LogP contribution is -2.22. The van der Waals surface area contributed by atoms with Gasteiger partial charge in [-0.05, 0) is 44.0 Å². The summed E-state index contributed by atoms with van der Waals surface area (Å²) in [5.74, 6) is 0.316. The minimum Gasteiger partial charge on any atom is -0.494 e. The number of ether oxygens (including phenoxy) is 4. The normalized spacial score (nSPS) is 11.7. The first-order valence-electron chi connectivity index (χ1n) is 9.52. The number of carbonyl (C=O) groups excluding carboxylic acids is 3. The van der Waals surface area contributed by atoms with Crippen molar-refractivity contribution in [2.75, 3.05) is 25.3 Å². The first-order chi connectivity index (χ1) is 14.4. The van der Waals surface area contributed by atoms with Gasteiger partial charge in [0.1, 0.15) is 5.75 Å². The summed E-state index contributed by atoms with van der Waals surface area (Å²) in [7, 11) is 0. The van der Waals surface area contributed by atoms with Crippen LogP contribution in [0.15, 0.2) is 36.4 Å². The third kappa shape index (κ3) is 5.73. The molecule has 1 N–H and O–H groups in total. The summed E-state index contributed by atoms with van der Waals surface area (Å²) in [5.41, 5.74) is 1.65. The summed E-state index contributed by atoms with van der Waals surface area (Å²) >= 11 is 0. The van der Waals surface area contributed by atoms with Crippen LogP contribution in [-0.2, 0) is 14.3 Å². The molecule has 8 nitrogen and oxygen atoms in total. The van der Waals surface area contributed by atoms with Gasteiger partial charge in [0.05, 0.1) is 12.3 Å². The Bertz CT molecular complexity index is 954. The molecule has 1 heterocycles. The highest BCUT2D eigenvalue weighted by Gasteiger charge is 2.20. The molecule has 158 valence electrons. The number of amides is 1. The Morgan fingerprint density at radius 3 is 2.60 bits per heavy atom. The van der Waals surface area contributed by atoms with Crippen LogP contribution < -0.4 is 19.5 Å². The van der Waals surface area contributed by atoms with Crippen molar-refractivity contribution in [3.63, 3.8) is 0 Å². The molecule has 0 fully saturated rings. The zero-order chi connectivity index (χ0) is 21.5. The minimum atomic E-state index is -0.555. The van der Waals surface area contributed by atoms with Gasteiger partial charge in [0.15, 0.2) is 23.9 Å². The van der Waals surface area contributed by atoms with Crippen LogP contribution in [0.5, 0.6) is 17.2 Å². The number of carbonyl (C=O) groups is 3. The SMILES string of the molecule is CC(=O)c1cc2c(cc1NC(=O)COC(=O)CCCOc1cccc(C)c1)OCO2. The van der Waals surface area contributed by atoms with E-state index < -0.39 is 18.5 Å². The molecule has 0 unspecified atom stereocenters. The van der Waals surface area contributed by atoms with Crippen LogP contribution in [0.1, 0.15) is 35.7 Å². The predicted molar refractivity (Wildman–Crippen MR) is 108 cm³/mol. The summed E-state index contributed by atoms with van der Waals surface area (Å²) in [6, 6.07) is 10.7. The van der Waals surface area contributed by atoms with Crippen LogP contribution in [-0.4, -0.2) is 37.7 Å². The summed E-state index contributed by atoms with van der Waals surface area (Å²) in [5, 5.41) is 2.57. The lowest BCUT2D eigenvalue weighted by Gasteiger charge is -2.11. The standard InChI is InChI=1S/C22H23NO7/c1-14-5-3-6-16(9-14)27-8-4-7-22(26)28-12-21(25)23-18-11-20-19(29-13-30-20)10-17(18)15(2)24/h3,5-6,9-11H,4,7-8,12-13H2,1-2H3,(H,23,25). The number of nitrogens with one attached hydrogen (secondary N) is 1.